The van der Waals surface area contributed by atoms with E-state index in [1.54, 1.807) is 18.3 Å². The van der Waals surface area contributed by atoms with E-state index in [0.29, 0.717) is 24.4 Å². The molecule has 2 saturated carbocycles. The molecule has 0 spiro atoms. The van der Waals surface area contributed by atoms with Crippen LogP contribution in [0.4, 0.5) is 10.6 Å². The number of carboxylic acid groups (broad SMARTS) is 1. The molecule has 228 valence electrons. The molecule has 5 rings (SSSR count). The molecule has 4 N–H and O–H groups in total. The van der Waals surface area contributed by atoms with Crippen molar-refractivity contribution in [1.29, 1.82) is 0 Å². The van der Waals surface area contributed by atoms with Gasteiger partial charge in [-0.15, -0.1) is 10.2 Å². The van der Waals surface area contributed by atoms with Crippen LogP contribution in [0.5, 0.6) is 0 Å². The fraction of sp³-hybridized carbons (Fsp3) is 0.469. The average molecular weight is 606 g/mol. The molecule has 3 amide bonds. The molecule has 0 radical (unpaired) electrons. The second-order valence-corrected chi connectivity index (χ2v) is 13.0. The van der Waals surface area contributed by atoms with Crippen molar-refractivity contribution >= 4 is 35.1 Å². The van der Waals surface area contributed by atoms with Gasteiger partial charge in [-0.25, -0.2) is 4.79 Å². The molecule has 11 heteroatoms. The number of nitrogens with zero attached hydrogens (tertiary/aromatic N) is 3. The lowest BCUT2D eigenvalue weighted by Crippen LogP contribution is -2.61. The molecular weight excluding hydrogens is 566 g/mol. The number of amides is 3. The maximum Gasteiger partial charge on any atom is 0.405 e. The second kappa shape index (κ2) is 12.4. The molecule has 0 saturated heterocycles. The summed E-state index contributed by atoms with van der Waals surface area (Å²) >= 11 is 1.56. The third-order valence-corrected chi connectivity index (χ3v) is 9.53. The van der Waals surface area contributed by atoms with E-state index >= 15 is 0 Å². The molecule has 0 atom stereocenters. The Balaban J connectivity index is 1.29. The average Bonchev–Trinajstić information content (AvgIpc) is 3.50. The smallest absolute Gasteiger partial charge is 0.405 e. The van der Waals surface area contributed by atoms with Crippen LogP contribution in [0.15, 0.2) is 47.2 Å². The molecule has 0 aliphatic heterocycles. The third-order valence-electron chi connectivity index (χ3n) is 8.85. The lowest BCUT2D eigenvalue weighted by molar-refractivity contribution is -0.132. The van der Waals surface area contributed by atoms with Crippen molar-refractivity contribution in [3.8, 4) is 22.4 Å². The van der Waals surface area contributed by atoms with Crippen LogP contribution in [0.2, 0.25) is 0 Å². The zero-order valence-corrected chi connectivity index (χ0v) is 25.6. The maximum atomic E-state index is 13.0. The first-order chi connectivity index (χ1) is 20.5. The predicted molar refractivity (Wildman–Crippen MR) is 166 cm³/mol. The fourth-order valence-corrected chi connectivity index (χ4v) is 7.37. The Morgan fingerprint density at radius 1 is 1.05 bits per heavy atom. The maximum absolute atomic E-state index is 13.0. The minimum atomic E-state index is -1.13. The van der Waals surface area contributed by atoms with E-state index in [1.165, 1.54) is 0 Å². The van der Waals surface area contributed by atoms with Crippen LogP contribution in [0.25, 0.3) is 22.4 Å². The van der Waals surface area contributed by atoms with Gasteiger partial charge in [0.15, 0.2) is 5.82 Å². The Kier molecular flexibility index (Phi) is 8.84. The standard InChI is InChI=1S/C32H39N5O5S/c1-4-28(39)37(3)24-11-5-20(6-12-24)15-27(38)33-26-16-25(22-13-14-43-17-22)29(36-35-26)21-7-9-23(10-8-21)32(34-30(40)41)18-31(2,42)19-32/h7-10,13-14,16-17,20,24,34,42H,4-6,11-12,15,18-19H2,1-3H3,(H,40,41)(H,33,35,38). The van der Waals surface area contributed by atoms with Gasteiger partial charge in [0, 0.05) is 49.9 Å². The van der Waals surface area contributed by atoms with E-state index in [9.17, 15) is 24.6 Å². The lowest BCUT2D eigenvalue weighted by atomic mass is 9.62. The molecular formula is C32H39N5O5S. The first-order valence-corrected chi connectivity index (χ1v) is 15.7. The summed E-state index contributed by atoms with van der Waals surface area (Å²) in [5, 5.41) is 38.1. The molecule has 2 aliphatic carbocycles. The number of hydrogen-bond acceptors (Lipinski definition) is 7. The molecule has 43 heavy (non-hydrogen) atoms. The molecule has 2 fully saturated rings. The van der Waals surface area contributed by atoms with E-state index in [0.717, 1.165) is 47.9 Å². The molecule has 2 heterocycles. The van der Waals surface area contributed by atoms with E-state index < -0.39 is 17.2 Å². The van der Waals surface area contributed by atoms with Gasteiger partial charge >= 0.3 is 6.09 Å². The number of carbonyl (C=O) groups is 3. The molecule has 1 aromatic carbocycles. The minimum Gasteiger partial charge on any atom is -0.465 e. The van der Waals surface area contributed by atoms with Gasteiger partial charge in [0.2, 0.25) is 11.8 Å². The first kappa shape index (κ1) is 30.6. The summed E-state index contributed by atoms with van der Waals surface area (Å²) < 4.78 is 0. The van der Waals surface area contributed by atoms with Gasteiger partial charge in [-0.2, -0.15) is 11.3 Å². The van der Waals surface area contributed by atoms with Crippen molar-refractivity contribution < 1.29 is 24.6 Å². The van der Waals surface area contributed by atoms with E-state index in [-0.39, 0.29) is 36.6 Å². The SMILES string of the molecule is CCC(=O)N(C)C1CCC(CC(=O)Nc2cc(-c3ccsc3)c(-c3ccc(C4(NC(=O)O)CC(C)(O)C4)cc3)nn2)CC1. The fourth-order valence-electron chi connectivity index (χ4n) is 6.71. The van der Waals surface area contributed by atoms with Crippen molar-refractivity contribution in [2.45, 2.75) is 82.4 Å². The molecule has 2 aliphatic rings. The van der Waals surface area contributed by atoms with Gasteiger partial charge in [0.25, 0.3) is 0 Å². The molecule has 0 unspecified atom stereocenters. The Morgan fingerprint density at radius 2 is 1.74 bits per heavy atom. The molecule has 10 nitrogen and oxygen atoms in total. The Hall–Kier alpha value is -3.83. The number of carbonyl (C=O) groups excluding carboxylic acids is 2. The van der Waals surface area contributed by atoms with Crippen LogP contribution in [-0.2, 0) is 15.1 Å². The highest BCUT2D eigenvalue weighted by Gasteiger charge is 2.53. The third kappa shape index (κ3) is 6.88. The topological polar surface area (TPSA) is 145 Å². The van der Waals surface area contributed by atoms with Crippen molar-refractivity contribution in [2.75, 3.05) is 12.4 Å². The number of aliphatic hydroxyl groups is 1. The van der Waals surface area contributed by atoms with Crippen LogP contribution in [0.1, 0.15) is 70.8 Å². The van der Waals surface area contributed by atoms with Gasteiger partial charge in [0.1, 0.15) is 5.69 Å². The number of anilines is 1. The number of hydrogen-bond donors (Lipinski definition) is 4. The van der Waals surface area contributed by atoms with Crippen molar-refractivity contribution in [2.24, 2.45) is 5.92 Å². The summed E-state index contributed by atoms with van der Waals surface area (Å²) in [5.74, 6) is 0.709. The van der Waals surface area contributed by atoms with Crippen LogP contribution < -0.4 is 10.6 Å². The van der Waals surface area contributed by atoms with E-state index in [4.69, 9.17) is 0 Å². The summed E-state index contributed by atoms with van der Waals surface area (Å²) in [7, 11) is 1.87. The normalized spacial score (nSPS) is 24.9. The summed E-state index contributed by atoms with van der Waals surface area (Å²) in [6.07, 6.45) is 3.97. The van der Waals surface area contributed by atoms with Gasteiger partial charge in [0.05, 0.1) is 11.1 Å². The van der Waals surface area contributed by atoms with E-state index in [2.05, 4.69) is 20.8 Å². The van der Waals surface area contributed by atoms with Gasteiger partial charge in [-0.1, -0.05) is 31.2 Å². The second-order valence-electron chi connectivity index (χ2n) is 12.2. The number of thiophene rings is 1. The van der Waals surface area contributed by atoms with E-state index in [1.807, 2.05) is 66.0 Å². The number of benzene rings is 1. The Bertz CT molecular complexity index is 1460. The minimum absolute atomic E-state index is 0.100. The number of nitrogens with one attached hydrogen (secondary N) is 2. The van der Waals surface area contributed by atoms with Gasteiger partial charge < -0.3 is 25.7 Å². The summed E-state index contributed by atoms with van der Waals surface area (Å²) in [5.41, 5.74) is 2.24. The highest BCUT2D eigenvalue weighted by molar-refractivity contribution is 7.08. The lowest BCUT2D eigenvalue weighted by Gasteiger charge is -2.51. The monoisotopic (exact) mass is 605 g/mol. The zero-order chi connectivity index (χ0) is 30.8. The molecule has 3 aromatic rings. The largest absolute Gasteiger partial charge is 0.465 e. The highest BCUT2D eigenvalue weighted by atomic mass is 32.1. The first-order valence-electron chi connectivity index (χ1n) is 14.8. The van der Waals surface area contributed by atoms with Crippen LogP contribution in [0, 0.1) is 5.92 Å². The highest BCUT2D eigenvalue weighted by Crippen LogP contribution is 2.48. The Labute approximate surface area is 255 Å². The van der Waals surface area contributed by atoms with Crippen molar-refractivity contribution in [3.63, 3.8) is 0 Å². The van der Waals surface area contributed by atoms with Crippen molar-refractivity contribution in [1.82, 2.24) is 20.4 Å². The van der Waals surface area contributed by atoms with Crippen LogP contribution in [0.3, 0.4) is 0 Å². The quantitative estimate of drug-likeness (QED) is 0.247. The summed E-state index contributed by atoms with van der Waals surface area (Å²) in [4.78, 5) is 38.4. The number of rotatable bonds is 9. The summed E-state index contributed by atoms with van der Waals surface area (Å²) in [6.45, 7) is 3.58. The van der Waals surface area contributed by atoms with Gasteiger partial charge in [-0.05, 0) is 72.5 Å². The van der Waals surface area contributed by atoms with Gasteiger partial charge in [-0.3, -0.25) is 9.59 Å². The van der Waals surface area contributed by atoms with Crippen molar-refractivity contribution in [3.05, 3.63) is 52.7 Å². The molecule has 2 aromatic heterocycles. The summed E-state index contributed by atoms with van der Waals surface area (Å²) in [6, 6.07) is 11.6. The van der Waals surface area contributed by atoms with Crippen LogP contribution >= 0.6 is 11.3 Å². The molecule has 0 bridgehead atoms. The van der Waals surface area contributed by atoms with Crippen LogP contribution in [-0.4, -0.2) is 61.9 Å². The predicted octanol–water partition coefficient (Wildman–Crippen LogP) is 5.64. The zero-order valence-electron chi connectivity index (χ0n) is 24.8. The Morgan fingerprint density at radius 3 is 2.33 bits per heavy atom. The number of aromatic nitrogens is 2.